The molecule has 0 aliphatic carbocycles. The van der Waals surface area contributed by atoms with E-state index in [-0.39, 0.29) is 5.69 Å². The van der Waals surface area contributed by atoms with E-state index in [4.69, 9.17) is 5.26 Å². The van der Waals surface area contributed by atoms with Crippen molar-refractivity contribution in [3.8, 4) is 6.07 Å². The van der Waals surface area contributed by atoms with Crippen LogP contribution in [0.2, 0.25) is 0 Å². The minimum absolute atomic E-state index is 0.182. The predicted molar refractivity (Wildman–Crippen MR) is 84.3 cm³/mol. The second-order valence-electron chi connectivity index (χ2n) is 5.09. The fourth-order valence-corrected chi connectivity index (χ4v) is 2.03. The molecule has 1 atom stereocenters. The van der Waals surface area contributed by atoms with Crippen LogP contribution in [0.25, 0.3) is 0 Å². The van der Waals surface area contributed by atoms with E-state index in [0.717, 1.165) is 12.1 Å². The summed E-state index contributed by atoms with van der Waals surface area (Å²) >= 11 is 0. The van der Waals surface area contributed by atoms with Gasteiger partial charge in [-0.25, -0.2) is 0 Å². The molecular formula is C17H14F3N3O. The molecule has 2 aromatic rings. The highest BCUT2D eigenvalue weighted by atomic mass is 19.4. The van der Waals surface area contributed by atoms with Crippen LogP contribution in [0.1, 0.15) is 18.1 Å². The van der Waals surface area contributed by atoms with Gasteiger partial charge in [-0.1, -0.05) is 18.2 Å². The van der Waals surface area contributed by atoms with Crippen LogP contribution in [-0.2, 0) is 11.0 Å². The van der Waals surface area contributed by atoms with Crippen LogP contribution < -0.4 is 10.6 Å². The van der Waals surface area contributed by atoms with Crippen molar-refractivity contribution >= 4 is 17.3 Å². The molecule has 0 saturated carbocycles. The summed E-state index contributed by atoms with van der Waals surface area (Å²) in [4.78, 5) is 12.2. The van der Waals surface area contributed by atoms with Gasteiger partial charge in [-0.3, -0.25) is 4.79 Å². The Morgan fingerprint density at radius 1 is 1.17 bits per heavy atom. The summed E-state index contributed by atoms with van der Waals surface area (Å²) in [6, 6.07) is 12.2. The second kappa shape index (κ2) is 7.04. The zero-order valence-electron chi connectivity index (χ0n) is 12.7. The maximum absolute atomic E-state index is 12.7. The lowest BCUT2D eigenvalue weighted by Gasteiger charge is -2.17. The first kappa shape index (κ1) is 17.3. The summed E-state index contributed by atoms with van der Waals surface area (Å²) in [7, 11) is 0. The van der Waals surface area contributed by atoms with E-state index in [2.05, 4.69) is 10.6 Å². The van der Waals surface area contributed by atoms with Crippen LogP contribution in [0.15, 0.2) is 48.5 Å². The van der Waals surface area contributed by atoms with Crippen molar-refractivity contribution in [2.45, 2.75) is 19.1 Å². The Kier molecular flexibility index (Phi) is 5.09. The Morgan fingerprint density at radius 2 is 1.88 bits per heavy atom. The number of carbonyl (C=O) groups is 1. The predicted octanol–water partition coefficient (Wildman–Crippen LogP) is 4.02. The van der Waals surface area contributed by atoms with Gasteiger partial charge in [0.2, 0.25) is 5.91 Å². The topological polar surface area (TPSA) is 64.9 Å². The summed E-state index contributed by atoms with van der Waals surface area (Å²) in [6.45, 7) is 1.52. The highest BCUT2D eigenvalue weighted by molar-refractivity contribution is 5.97. The molecule has 0 heterocycles. The van der Waals surface area contributed by atoms with Crippen molar-refractivity contribution in [3.63, 3.8) is 0 Å². The maximum Gasteiger partial charge on any atom is 0.416 e. The number of halogens is 3. The van der Waals surface area contributed by atoms with Crippen molar-refractivity contribution in [1.29, 1.82) is 5.26 Å². The Balaban J connectivity index is 2.08. The van der Waals surface area contributed by atoms with Gasteiger partial charge in [-0.2, -0.15) is 18.4 Å². The molecule has 24 heavy (non-hydrogen) atoms. The van der Waals surface area contributed by atoms with Crippen LogP contribution in [0, 0.1) is 11.3 Å². The van der Waals surface area contributed by atoms with Crippen LogP contribution in [0.5, 0.6) is 0 Å². The average molecular weight is 333 g/mol. The molecule has 2 aromatic carbocycles. The monoisotopic (exact) mass is 333 g/mol. The largest absolute Gasteiger partial charge is 0.416 e. The summed E-state index contributed by atoms with van der Waals surface area (Å²) in [5.74, 6) is -0.463. The molecule has 1 amide bonds. The van der Waals surface area contributed by atoms with Crippen LogP contribution in [0.4, 0.5) is 24.5 Å². The molecule has 0 aromatic heterocycles. The van der Waals surface area contributed by atoms with Gasteiger partial charge >= 0.3 is 6.18 Å². The zero-order chi connectivity index (χ0) is 17.7. The Morgan fingerprint density at radius 3 is 2.54 bits per heavy atom. The number of nitrogens with zero attached hydrogens (tertiary/aromatic N) is 1. The molecule has 0 aliphatic rings. The van der Waals surface area contributed by atoms with Gasteiger partial charge in [0.15, 0.2) is 0 Å². The number of hydrogen-bond acceptors (Lipinski definition) is 3. The fourth-order valence-electron chi connectivity index (χ4n) is 2.03. The molecule has 4 nitrogen and oxygen atoms in total. The summed E-state index contributed by atoms with van der Waals surface area (Å²) in [6.07, 6.45) is -4.45. The molecule has 0 fully saturated rings. The number of para-hydroxylation sites is 1. The van der Waals surface area contributed by atoms with E-state index in [1.165, 1.54) is 19.1 Å². The molecule has 2 rings (SSSR count). The fraction of sp³-hybridized carbons (Fsp3) is 0.176. The zero-order valence-corrected chi connectivity index (χ0v) is 12.7. The summed E-state index contributed by atoms with van der Waals surface area (Å²) in [5.41, 5.74) is 0.0378. The third-order valence-corrected chi connectivity index (χ3v) is 3.27. The summed E-state index contributed by atoms with van der Waals surface area (Å²) in [5, 5.41) is 14.3. The molecule has 0 aliphatic heterocycles. The Bertz CT molecular complexity index is 781. The lowest BCUT2D eigenvalue weighted by atomic mass is 10.1. The van der Waals surface area contributed by atoms with E-state index in [9.17, 15) is 18.0 Å². The van der Waals surface area contributed by atoms with Gasteiger partial charge in [0.25, 0.3) is 0 Å². The molecule has 0 spiro atoms. The number of benzene rings is 2. The van der Waals surface area contributed by atoms with E-state index < -0.39 is 23.7 Å². The average Bonchev–Trinajstić information content (AvgIpc) is 2.54. The van der Waals surface area contributed by atoms with Gasteiger partial charge in [0.1, 0.15) is 12.1 Å². The number of anilines is 2. The van der Waals surface area contributed by atoms with E-state index >= 15 is 0 Å². The normalized spacial score (nSPS) is 12.1. The SMILES string of the molecule is C[C@@H](Nc1cccc(C(F)(F)F)c1)C(=O)Nc1ccccc1C#N. The number of carbonyl (C=O) groups excluding carboxylic acids is 1. The van der Waals surface area contributed by atoms with Gasteiger partial charge in [0.05, 0.1) is 16.8 Å². The number of nitrogens with one attached hydrogen (secondary N) is 2. The van der Waals surface area contributed by atoms with Crippen molar-refractivity contribution in [3.05, 3.63) is 59.7 Å². The van der Waals surface area contributed by atoms with Crippen molar-refractivity contribution < 1.29 is 18.0 Å². The third-order valence-electron chi connectivity index (χ3n) is 3.27. The highest BCUT2D eigenvalue weighted by Crippen LogP contribution is 2.30. The van der Waals surface area contributed by atoms with Gasteiger partial charge in [-0.15, -0.1) is 0 Å². The van der Waals surface area contributed by atoms with Gasteiger partial charge in [0, 0.05) is 5.69 Å². The minimum Gasteiger partial charge on any atom is -0.374 e. The van der Waals surface area contributed by atoms with E-state index in [0.29, 0.717) is 11.3 Å². The van der Waals surface area contributed by atoms with Crippen molar-refractivity contribution in [1.82, 2.24) is 0 Å². The van der Waals surface area contributed by atoms with Crippen LogP contribution in [0.3, 0.4) is 0 Å². The maximum atomic E-state index is 12.7. The molecule has 0 radical (unpaired) electrons. The lowest BCUT2D eigenvalue weighted by molar-refractivity contribution is -0.137. The molecule has 2 N–H and O–H groups in total. The van der Waals surface area contributed by atoms with Crippen molar-refractivity contribution in [2.24, 2.45) is 0 Å². The Labute approximate surface area is 136 Å². The molecule has 0 bridgehead atoms. The van der Waals surface area contributed by atoms with Crippen LogP contribution in [-0.4, -0.2) is 11.9 Å². The Hall–Kier alpha value is -3.01. The molecule has 0 unspecified atom stereocenters. The summed E-state index contributed by atoms with van der Waals surface area (Å²) < 4.78 is 38.1. The molecule has 0 saturated heterocycles. The smallest absolute Gasteiger partial charge is 0.374 e. The molecule has 124 valence electrons. The van der Waals surface area contributed by atoms with Gasteiger partial charge < -0.3 is 10.6 Å². The minimum atomic E-state index is -4.45. The number of nitriles is 1. The number of amides is 1. The van der Waals surface area contributed by atoms with E-state index in [1.54, 1.807) is 24.3 Å². The van der Waals surface area contributed by atoms with Gasteiger partial charge in [-0.05, 0) is 37.3 Å². The number of hydrogen-bond donors (Lipinski definition) is 2. The third kappa shape index (κ3) is 4.26. The molecule has 7 heteroatoms. The number of alkyl halides is 3. The second-order valence-corrected chi connectivity index (χ2v) is 5.09. The number of rotatable bonds is 4. The van der Waals surface area contributed by atoms with E-state index in [1.807, 2.05) is 6.07 Å². The molecular weight excluding hydrogens is 319 g/mol. The van der Waals surface area contributed by atoms with Crippen LogP contribution >= 0.6 is 0 Å². The quantitative estimate of drug-likeness (QED) is 0.888. The first-order valence-electron chi connectivity index (χ1n) is 7.05. The first-order valence-corrected chi connectivity index (χ1v) is 7.05. The lowest BCUT2D eigenvalue weighted by Crippen LogP contribution is -2.32. The van der Waals surface area contributed by atoms with Crippen molar-refractivity contribution in [2.75, 3.05) is 10.6 Å². The highest BCUT2D eigenvalue weighted by Gasteiger charge is 2.30. The standard InChI is InChI=1S/C17H14F3N3O/c1-11(16(24)23-15-8-3-2-5-12(15)10-21)22-14-7-4-6-13(9-14)17(18,19)20/h2-9,11,22H,1H3,(H,23,24)/t11-/m1/s1. The first-order chi connectivity index (χ1) is 11.3.